The summed E-state index contributed by atoms with van der Waals surface area (Å²) in [5, 5.41) is 24.4. The van der Waals surface area contributed by atoms with Crippen LogP contribution in [0.15, 0.2) is 36.5 Å². The number of hydrogen-bond acceptors (Lipinski definition) is 7. The van der Waals surface area contributed by atoms with Gasteiger partial charge in [0.2, 0.25) is 5.82 Å². The number of carbonyl (C=O) groups is 1. The van der Waals surface area contributed by atoms with E-state index in [9.17, 15) is 18.7 Å². The molecule has 1 aromatic carbocycles. The number of rotatable bonds is 7. The molecule has 0 aliphatic carbocycles. The molecular formula is C21H21F2N7O3. The normalized spacial score (nSPS) is 13.2. The van der Waals surface area contributed by atoms with Crippen LogP contribution in [0.3, 0.4) is 0 Å². The summed E-state index contributed by atoms with van der Waals surface area (Å²) in [5.41, 5.74) is -0.317. The smallest absolute Gasteiger partial charge is 0.271 e. The fraction of sp³-hybridized carbons (Fsp3) is 0.286. The number of nitrogens with one attached hydrogen (secondary N) is 1. The van der Waals surface area contributed by atoms with Gasteiger partial charge in [0.25, 0.3) is 5.91 Å². The average molecular weight is 457 g/mol. The van der Waals surface area contributed by atoms with Gasteiger partial charge in [0, 0.05) is 11.8 Å². The number of halogens is 2. The maximum absolute atomic E-state index is 14.0. The zero-order valence-electron chi connectivity index (χ0n) is 18.1. The molecule has 1 amide bonds. The Balaban J connectivity index is 1.63. The van der Waals surface area contributed by atoms with E-state index in [0.29, 0.717) is 11.3 Å². The van der Waals surface area contributed by atoms with Gasteiger partial charge in [-0.3, -0.25) is 9.20 Å². The van der Waals surface area contributed by atoms with Crippen molar-refractivity contribution < 1.29 is 23.4 Å². The van der Waals surface area contributed by atoms with Crippen LogP contribution in [-0.2, 0) is 19.2 Å². The molecule has 1 atom stereocenters. The van der Waals surface area contributed by atoms with Gasteiger partial charge in [-0.05, 0) is 37.3 Å². The van der Waals surface area contributed by atoms with Crippen molar-refractivity contribution in [2.45, 2.75) is 26.0 Å². The number of ether oxygens (including phenoxy) is 1. The Morgan fingerprint density at radius 2 is 2.06 bits per heavy atom. The molecule has 2 N–H and O–H groups in total. The van der Waals surface area contributed by atoms with Crippen molar-refractivity contribution in [2.24, 2.45) is 7.05 Å². The van der Waals surface area contributed by atoms with Gasteiger partial charge in [-0.15, -0.1) is 10.2 Å². The largest absolute Gasteiger partial charge is 0.485 e. The standard InChI is InChI=1S/C21H21F2N7O3/c1-12-17(19(32)25-21(2,11-31)20-26-28-29(3)27-20)30-9-5-8-15(18(30)24-12)33-10-13-6-4-7-14(22)16(13)23/h4-9,31H,10-11H2,1-3H3,(H,25,32). The summed E-state index contributed by atoms with van der Waals surface area (Å²) in [6.07, 6.45) is 1.62. The Morgan fingerprint density at radius 3 is 2.76 bits per heavy atom. The van der Waals surface area contributed by atoms with Crippen LogP contribution in [-0.4, -0.2) is 47.2 Å². The zero-order chi connectivity index (χ0) is 23.8. The number of aryl methyl sites for hydroxylation is 2. The van der Waals surface area contributed by atoms with Gasteiger partial charge in [-0.25, -0.2) is 13.8 Å². The van der Waals surface area contributed by atoms with Crippen molar-refractivity contribution in [1.82, 2.24) is 34.9 Å². The van der Waals surface area contributed by atoms with Gasteiger partial charge >= 0.3 is 0 Å². The first kappa shape index (κ1) is 22.3. The van der Waals surface area contributed by atoms with Crippen molar-refractivity contribution >= 4 is 11.6 Å². The number of nitrogens with zero attached hydrogens (tertiary/aromatic N) is 6. The summed E-state index contributed by atoms with van der Waals surface area (Å²) < 4.78 is 34.6. The number of fused-ring (bicyclic) bond motifs is 1. The molecule has 4 aromatic rings. The van der Waals surface area contributed by atoms with Crippen LogP contribution in [0.1, 0.15) is 34.5 Å². The molecule has 12 heteroatoms. The van der Waals surface area contributed by atoms with E-state index in [1.807, 2.05) is 0 Å². The highest BCUT2D eigenvalue weighted by Gasteiger charge is 2.34. The summed E-state index contributed by atoms with van der Waals surface area (Å²) in [6.45, 7) is 2.53. The van der Waals surface area contributed by atoms with Gasteiger partial charge in [0.15, 0.2) is 23.0 Å². The van der Waals surface area contributed by atoms with Crippen LogP contribution >= 0.6 is 0 Å². The molecule has 1 unspecified atom stereocenters. The Kier molecular flexibility index (Phi) is 5.77. The molecule has 0 aliphatic rings. The van der Waals surface area contributed by atoms with Crippen LogP contribution in [0.5, 0.6) is 5.75 Å². The molecule has 0 spiro atoms. The lowest BCUT2D eigenvalue weighted by Gasteiger charge is -2.25. The van der Waals surface area contributed by atoms with E-state index >= 15 is 0 Å². The molecule has 172 valence electrons. The maximum Gasteiger partial charge on any atom is 0.271 e. The quantitative estimate of drug-likeness (QED) is 0.433. The molecule has 0 saturated carbocycles. The maximum atomic E-state index is 14.0. The molecule has 3 aromatic heterocycles. The van der Waals surface area contributed by atoms with Crippen LogP contribution in [0, 0.1) is 18.6 Å². The number of tetrazole rings is 1. The number of imidazole rings is 1. The molecule has 0 aliphatic heterocycles. The third-order valence-corrected chi connectivity index (χ3v) is 5.13. The fourth-order valence-corrected chi connectivity index (χ4v) is 3.34. The second-order valence-electron chi connectivity index (χ2n) is 7.66. The van der Waals surface area contributed by atoms with E-state index < -0.39 is 29.7 Å². The van der Waals surface area contributed by atoms with Crippen molar-refractivity contribution in [3.8, 4) is 5.75 Å². The number of amides is 1. The highest BCUT2D eigenvalue weighted by Crippen LogP contribution is 2.25. The molecule has 0 radical (unpaired) electrons. The first-order valence-electron chi connectivity index (χ1n) is 9.94. The van der Waals surface area contributed by atoms with E-state index in [0.717, 1.165) is 6.07 Å². The molecule has 33 heavy (non-hydrogen) atoms. The number of hydrogen-bond donors (Lipinski definition) is 2. The van der Waals surface area contributed by atoms with Crippen LogP contribution in [0.25, 0.3) is 5.65 Å². The molecule has 0 fully saturated rings. The summed E-state index contributed by atoms with van der Waals surface area (Å²) in [7, 11) is 1.57. The van der Waals surface area contributed by atoms with Crippen molar-refractivity contribution in [2.75, 3.05) is 6.61 Å². The van der Waals surface area contributed by atoms with E-state index in [1.165, 1.54) is 21.3 Å². The summed E-state index contributed by atoms with van der Waals surface area (Å²) >= 11 is 0. The number of carbonyl (C=O) groups excluding carboxylic acids is 1. The number of benzene rings is 1. The molecular weight excluding hydrogens is 436 g/mol. The topological polar surface area (TPSA) is 119 Å². The second kappa shape index (κ2) is 8.54. The highest BCUT2D eigenvalue weighted by molar-refractivity contribution is 5.95. The van der Waals surface area contributed by atoms with E-state index in [4.69, 9.17) is 4.74 Å². The fourth-order valence-electron chi connectivity index (χ4n) is 3.34. The average Bonchev–Trinajstić information content (AvgIpc) is 3.37. The number of aliphatic hydroxyl groups excluding tert-OH is 1. The lowest BCUT2D eigenvalue weighted by molar-refractivity contribution is 0.0832. The third-order valence-electron chi connectivity index (χ3n) is 5.13. The minimum absolute atomic E-state index is 0.0495. The Labute approximate surface area is 186 Å². The minimum atomic E-state index is -1.29. The highest BCUT2D eigenvalue weighted by atomic mass is 19.2. The summed E-state index contributed by atoms with van der Waals surface area (Å²) in [4.78, 5) is 18.8. The predicted molar refractivity (Wildman–Crippen MR) is 111 cm³/mol. The molecule has 10 nitrogen and oxygen atoms in total. The van der Waals surface area contributed by atoms with Gasteiger partial charge in [-0.2, -0.15) is 4.80 Å². The summed E-state index contributed by atoms with van der Waals surface area (Å²) in [5.74, 6) is -2.05. The molecule has 3 heterocycles. The first-order valence-corrected chi connectivity index (χ1v) is 9.94. The van der Waals surface area contributed by atoms with E-state index in [1.54, 1.807) is 39.2 Å². The van der Waals surface area contributed by atoms with Gasteiger partial charge in [0.1, 0.15) is 17.8 Å². The van der Waals surface area contributed by atoms with Gasteiger partial charge in [-0.1, -0.05) is 12.1 Å². The monoisotopic (exact) mass is 457 g/mol. The van der Waals surface area contributed by atoms with E-state index in [-0.39, 0.29) is 29.4 Å². The Morgan fingerprint density at radius 1 is 1.27 bits per heavy atom. The number of pyridine rings is 1. The van der Waals surface area contributed by atoms with Crippen molar-refractivity contribution in [1.29, 1.82) is 0 Å². The predicted octanol–water partition coefficient (Wildman–Crippen LogP) is 1.66. The number of aromatic nitrogens is 6. The SMILES string of the molecule is Cc1nc2c(OCc3cccc(F)c3F)cccn2c1C(=O)NC(C)(CO)c1nnn(C)n1. The van der Waals surface area contributed by atoms with Crippen LogP contribution < -0.4 is 10.1 Å². The Hall–Kier alpha value is -3.93. The first-order chi connectivity index (χ1) is 15.7. The molecule has 0 saturated heterocycles. The van der Waals surface area contributed by atoms with Crippen LogP contribution in [0.4, 0.5) is 8.78 Å². The third kappa shape index (κ3) is 4.12. The lowest BCUT2D eigenvalue weighted by Crippen LogP contribution is -2.47. The van der Waals surface area contributed by atoms with Gasteiger partial charge in [0.05, 0.1) is 19.3 Å². The Bertz CT molecular complexity index is 1340. The minimum Gasteiger partial charge on any atom is -0.485 e. The van der Waals surface area contributed by atoms with Crippen molar-refractivity contribution in [3.05, 3.63) is 70.9 Å². The van der Waals surface area contributed by atoms with Crippen LogP contribution in [0.2, 0.25) is 0 Å². The van der Waals surface area contributed by atoms with Crippen molar-refractivity contribution in [3.63, 3.8) is 0 Å². The lowest BCUT2D eigenvalue weighted by atomic mass is 10.0. The zero-order valence-corrected chi connectivity index (χ0v) is 18.1. The number of aliphatic hydroxyl groups is 1. The van der Waals surface area contributed by atoms with Gasteiger partial charge < -0.3 is 15.2 Å². The second-order valence-corrected chi connectivity index (χ2v) is 7.66. The molecule has 4 rings (SSSR count). The summed E-state index contributed by atoms with van der Waals surface area (Å²) in [6, 6.07) is 7.09. The van der Waals surface area contributed by atoms with E-state index in [2.05, 4.69) is 25.7 Å². The molecule has 0 bridgehead atoms.